The summed E-state index contributed by atoms with van der Waals surface area (Å²) in [7, 11) is 1.92. The van der Waals surface area contributed by atoms with Gasteiger partial charge in [-0.15, -0.1) is 12.4 Å². The second-order valence-electron chi connectivity index (χ2n) is 6.30. The Bertz CT molecular complexity index is 470. The van der Waals surface area contributed by atoms with Gasteiger partial charge in [-0.3, -0.25) is 9.69 Å². The number of piperidine rings is 1. The molecule has 0 aromatic heterocycles. The average molecular weight is 341 g/mol. The first-order valence-corrected chi connectivity index (χ1v) is 8.30. The number of carbonyl (C=O) groups is 1. The number of carboxylic acid groups (broad SMARTS) is 1. The number of aliphatic carboxylic acids is 1. The van der Waals surface area contributed by atoms with E-state index in [2.05, 4.69) is 36.1 Å². The van der Waals surface area contributed by atoms with Crippen molar-refractivity contribution in [2.75, 3.05) is 33.2 Å². The van der Waals surface area contributed by atoms with E-state index in [1.165, 1.54) is 11.1 Å². The van der Waals surface area contributed by atoms with E-state index in [0.29, 0.717) is 6.04 Å². The molecule has 1 N–H and O–H groups in total. The summed E-state index contributed by atoms with van der Waals surface area (Å²) in [6, 6.07) is 9.35. The molecule has 1 fully saturated rings. The van der Waals surface area contributed by atoms with Crippen LogP contribution in [0.25, 0.3) is 0 Å². The van der Waals surface area contributed by atoms with Gasteiger partial charge in [0.1, 0.15) is 0 Å². The molecule has 1 aliphatic rings. The summed E-state index contributed by atoms with van der Waals surface area (Å²) in [4.78, 5) is 15.2. The zero-order chi connectivity index (χ0) is 15.9. The van der Waals surface area contributed by atoms with Crippen LogP contribution in [-0.4, -0.2) is 60.1 Å². The number of aryl methyl sites for hydroxylation is 1. The monoisotopic (exact) mass is 340 g/mol. The van der Waals surface area contributed by atoms with E-state index in [1.807, 2.05) is 11.9 Å². The first-order valence-electron chi connectivity index (χ1n) is 8.30. The highest BCUT2D eigenvalue weighted by molar-refractivity contribution is 5.85. The van der Waals surface area contributed by atoms with Crippen molar-refractivity contribution in [1.29, 1.82) is 0 Å². The Balaban J connectivity index is 0.00000264. The minimum atomic E-state index is -0.736. The fourth-order valence-electron chi connectivity index (χ4n) is 3.16. The first kappa shape index (κ1) is 19.9. The molecule has 130 valence electrons. The van der Waals surface area contributed by atoms with Crippen LogP contribution < -0.4 is 0 Å². The third kappa shape index (κ3) is 6.50. The molecule has 0 unspecified atom stereocenters. The number of hydrogen-bond acceptors (Lipinski definition) is 3. The summed E-state index contributed by atoms with van der Waals surface area (Å²) >= 11 is 0. The van der Waals surface area contributed by atoms with Gasteiger partial charge in [0.25, 0.3) is 0 Å². The molecule has 23 heavy (non-hydrogen) atoms. The fourth-order valence-corrected chi connectivity index (χ4v) is 3.16. The van der Waals surface area contributed by atoms with Crippen LogP contribution in [0.5, 0.6) is 0 Å². The molecule has 0 atom stereocenters. The number of hydrogen-bond donors (Lipinski definition) is 1. The molecular weight excluding hydrogens is 312 g/mol. The van der Waals surface area contributed by atoms with Crippen LogP contribution in [-0.2, 0) is 17.6 Å². The largest absolute Gasteiger partial charge is 0.480 e. The maximum Gasteiger partial charge on any atom is 0.317 e. The summed E-state index contributed by atoms with van der Waals surface area (Å²) in [5.41, 5.74) is 2.80. The summed E-state index contributed by atoms with van der Waals surface area (Å²) in [5.74, 6) is -0.736. The summed E-state index contributed by atoms with van der Waals surface area (Å²) in [6.07, 6.45) is 4.33. The Morgan fingerprint density at radius 1 is 1.22 bits per heavy atom. The third-order valence-corrected chi connectivity index (χ3v) is 4.71. The number of carboxylic acids is 1. The van der Waals surface area contributed by atoms with Crippen LogP contribution >= 0.6 is 12.4 Å². The minimum absolute atomic E-state index is 0. The molecule has 0 radical (unpaired) electrons. The third-order valence-electron chi connectivity index (χ3n) is 4.71. The molecule has 1 aliphatic heterocycles. The number of likely N-dealkylation sites (N-methyl/N-ethyl adjacent to an activating group) is 1. The van der Waals surface area contributed by atoms with Gasteiger partial charge >= 0.3 is 5.97 Å². The van der Waals surface area contributed by atoms with Crippen LogP contribution in [0.4, 0.5) is 0 Å². The summed E-state index contributed by atoms with van der Waals surface area (Å²) < 4.78 is 0. The number of rotatable bonds is 7. The second kappa shape index (κ2) is 9.91. The van der Waals surface area contributed by atoms with Gasteiger partial charge in [-0.05, 0) is 56.9 Å². The molecule has 0 amide bonds. The zero-order valence-corrected chi connectivity index (χ0v) is 15.0. The van der Waals surface area contributed by atoms with E-state index in [4.69, 9.17) is 5.11 Å². The smallest absolute Gasteiger partial charge is 0.317 e. The van der Waals surface area contributed by atoms with Crippen molar-refractivity contribution >= 4 is 18.4 Å². The average Bonchev–Trinajstić information content (AvgIpc) is 2.53. The molecule has 0 aliphatic carbocycles. The van der Waals surface area contributed by atoms with Crippen LogP contribution in [0.3, 0.4) is 0 Å². The lowest BCUT2D eigenvalue weighted by Crippen LogP contribution is -2.45. The van der Waals surface area contributed by atoms with Crippen LogP contribution in [0.15, 0.2) is 24.3 Å². The second-order valence-corrected chi connectivity index (χ2v) is 6.30. The van der Waals surface area contributed by atoms with Crippen LogP contribution in [0.2, 0.25) is 0 Å². The van der Waals surface area contributed by atoms with Crippen molar-refractivity contribution in [3.63, 3.8) is 0 Å². The lowest BCUT2D eigenvalue weighted by Gasteiger charge is -2.36. The summed E-state index contributed by atoms with van der Waals surface area (Å²) in [5, 5.41) is 8.86. The van der Waals surface area contributed by atoms with Crippen LogP contribution in [0.1, 0.15) is 30.9 Å². The van der Waals surface area contributed by atoms with E-state index in [1.54, 1.807) is 0 Å². The maximum absolute atomic E-state index is 10.8. The number of nitrogens with zero attached hydrogens (tertiary/aromatic N) is 2. The van der Waals surface area contributed by atoms with Crippen LogP contribution in [0, 0.1) is 0 Å². The predicted molar refractivity (Wildman–Crippen MR) is 96.5 cm³/mol. The first-order chi connectivity index (χ1) is 10.6. The predicted octanol–water partition coefficient (Wildman–Crippen LogP) is 2.69. The summed E-state index contributed by atoms with van der Waals surface area (Å²) in [6.45, 7) is 5.57. The van der Waals surface area contributed by atoms with Crippen molar-refractivity contribution in [2.45, 2.75) is 38.6 Å². The lowest BCUT2D eigenvalue weighted by atomic mass is 10.0. The maximum atomic E-state index is 10.8. The lowest BCUT2D eigenvalue weighted by molar-refractivity contribution is -0.138. The number of halogens is 1. The van der Waals surface area contributed by atoms with Gasteiger partial charge in [-0.2, -0.15) is 0 Å². The van der Waals surface area contributed by atoms with Gasteiger partial charge < -0.3 is 10.0 Å². The highest BCUT2D eigenvalue weighted by atomic mass is 35.5. The SMILES string of the molecule is CCc1ccc(CCN2CCC(N(C)CC(=O)O)CC2)cc1.Cl. The Kier molecular flexibility index (Phi) is 8.59. The Morgan fingerprint density at radius 3 is 2.30 bits per heavy atom. The van der Waals surface area contributed by atoms with E-state index < -0.39 is 5.97 Å². The molecule has 5 heteroatoms. The Labute approximate surface area is 145 Å². The van der Waals surface area contributed by atoms with Gasteiger partial charge in [-0.1, -0.05) is 31.2 Å². The van der Waals surface area contributed by atoms with E-state index in [9.17, 15) is 4.79 Å². The van der Waals surface area contributed by atoms with Crippen molar-refractivity contribution in [3.05, 3.63) is 35.4 Å². The highest BCUT2D eigenvalue weighted by Gasteiger charge is 2.23. The van der Waals surface area contributed by atoms with Crippen molar-refractivity contribution < 1.29 is 9.90 Å². The van der Waals surface area contributed by atoms with Gasteiger partial charge in [-0.25, -0.2) is 0 Å². The van der Waals surface area contributed by atoms with Crippen molar-refractivity contribution in [2.24, 2.45) is 0 Å². The van der Waals surface area contributed by atoms with Gasteiger partial charge in [0.2, 0.25) is 0 Å². The molecule has 0 bridgehead atoms. The number of likely N-dealkylation sites (tertiary alicyclic amines) is 1. The molecule has 1 saturated heterocycles. The Hall–Kier alpha value is -1.10. The fraction of sp³-hybridized carbons (Fsp3) is 0.611. The minimum Gasteiger partial charge on any atom is -0.480 e. The molecule has 4 nitrogen and oxygen atoms in total. The molecule has 2 rings (SSSR count). The standard InChI is InChI=1S/C18H28N2O2.ClH/c1-3-15-4-6-16(7-5-15)8-11-20-12-9-17(10-13-20)19(2)14-18(21)22;/h4-7,17H,3,8-14H2,1-2H3,(H,21,22);1H. The highest BCUT2D eigenvalue weighted by Crippen LogP contribution is 2.16. The molecule has 1 heterocycles. The topological polar surface area (TPSA) is 43.8 Å². The number of benzene rings is 1. The normalized spacial score (nSPS) is 16.3. The van der Waals surface area contributed by atoms with Gasteiger partial charge in [0, 0.05) is 12.6 Å². The molecular formula is C18H29ClN2O2. The van der Waals surface area contributed by atoms with E-state index in [0.717, 1.165) is 45.3 Å². The molecule has 1 aromatic carbocycles. The zero-order valence-electron chi connectivity index (χ0n) is 14.2. The quantitative estimate of drug-likeness (QED) is 0.828. The van der Waals surface area contributed by atoms with Gasteiger partial charge in [0.05, 0.1) is 6.54 Å². The van der Waals surface area contributed by atoms with Crippen molar-refractivity contribution in [3.8, 4) is 0 Å². The molecule has 0 saturated carbocycles. The van der Waals surface area contributed by atoms with E-state index >= 15 is 0 Å². The van der Waals surface area contributed by atoms with Gasteiger partial charge in [0.15, 0.2) is 0 Å². The molecule has 0 spiro atoms. The Morgan fingerprint density at radius 2 is 1.78 bits per heavy atom. The van der Waals surface area contributed by atoms with E-state index in [-0.39, 0.29) is 19.0 Å². The van der Waals surface area contributed by atoms with Crippen molar-refractivity contribution in [1.82, 2.24) is 9.80 Å². The molecule has 1 aromatic rings.